The summed E-state index contributed by atoms with van der Waals surface area (Å²) < 4.78 is 0. The molecule has 0 bridgehead atoms. The summed E-state index contributed by atoms with van der Waals surface area (Å²) in [5.74, 6) is 0.0633. The maximum absolute atomic E-state index is 11.7. The van der Waals surface area contributed by atoms with Crippen molar-refractivity contribution >= 4 is 28.3 Å². The standard InChI is InChI=1S/C13H12ClNO/c1-3-13(16)10-5-9-4-8(2)7-15-12(9)6-11(10)14/h4-7H,3H2,1-2H3. The summed E-state index contributed by atoms with van der Waals surface area (Å²) in [4.78, 5) is 15.9. The Morgan fingerprint density at radius 2 is 2.12 bits per heavy atom. The zero-order valence-electron chi connectivity index (χ0n) is 9.25. The third kappa shape index (κ3) is 1.93. The molecule has 1 heterocycles. The fraction of sp³-hybridized carbons (Fsp3) is 0.231. The summed E-state index contributed by atoms with van der Waals surface area (Å²) in [6, 6.07) is 5.58. The summed E-state index contributed by atoms with van der Waals surface area (Å²) in [6.45, 7) is 3.81. The minimum atomic E-state index is 0.0633. The molecule has 0 N–H and O–H groups in total. The molecule has 3 heteroatoms. The molecule has 1 aromatic heterocycles. The number of nitrogens with zero attached hydrogens (tertiary/aromatic N) is 1. The van der Waals surface area contributed by atoms with Gasteiger partial charge < -0.3 is 0 Å². The van der Waals surface area contributed by atoms with Crippen LogP contribution in [0.2, 0.25) is 5.02 Å². The second kappa shape index (κ2) is 4.22. The summed E-state index contributed by atoms with van der Waals surface area (Å²) in [7, 11) is 0. The smallest absolute Gasteiger partial charge is 0.164 e. The average molecular weight is 234 g/mol. The van der Waals surface area contributed by atoms with Crippen molar-refractivity contribution in [2.45, 2.75) is 20.3 Å². The number of pyridine rings is 1. The lowest BCUT2D eigenvalue weighted by atomic mass is 10.0. The lowest BCUT2D eigenvalue weighted by Crippen LogP contribution is -1.98. The van der Waals surface area contributed by atoms with Gasteiger partial charge in [0.1, 0.15) is 0 Å². The molecular formula is C13H12ClNO. The molecule has 0 fully saturated rings. The van der Waals surface area contributed by atoms with Crippen LogP contribution in [0.1, 0.15) is 29.3 Å². The van der Waals surface area contributed by atoms with Crippen LogP contribution < -0.4 is 0 Å². The van der Waals surface area contributed by atoms with Crippen molar-refractivity contribution in [2.75, 3.05) is 0 Å². The minimum absolute atomic E-state index is 0.0633. The molecule has 1 aromatic carbocycles. The van der Waals surface area contributed by atoms with Crippen molar-refractivity contribution in [1.29, 1.82) is 0 Å². The molecule has 0 saturated carbocycles. The second-order valence-corrected chi connectivity index (χ2v) is 4.22. The third-order valence-corrected chi connectivity index (χ3v) is 2.84. The lowest BCUT2D eigenvalue weighted by Gasteiger charge is -2.05. The van der Waals surface area contributed by atoms with E-state index in [0.717, 1.165) is 16.5 Å². The molecular weight excluding hydrogens is 222 g/mol. The van der Waals surface area contributed by atoms with E-state index in [-0.39, 0.29) is 5.78 Å². The van der Waals surface area contributed by atoms with Gasteiger partial charge in [-0.15, -0.1) is 0 Å². The predicted octanol–water partition coefficient (Wildman–Crippen LogP) is 3.79. The number of carbonyl (C=O) groups is 1. The molecule has 0 aliphatic rings. The second-order valence-electron chi connectivity index (χ2n) is 3.81. The first kappa shape index (κ1) is 11.1. The van der Waals surface area contributed by atoms with Gasteiger partial charge in [0.15, 0.2) is 5.78 Å². The molecule has 82 valence electrons. The van der Waals surface area contributed by atoms with Crippen LogP contribution in [-0.2, 0) is 0 Å². The Morgan fingerprint density at radius 1 is 1.38 bits per heavy atom. The van der Waals surface area contributed by atoms with Crippen LogP contribution in [0.4, 0.5) is 0 Å². The number of halogens is 1. The molecule has 2 rings (SSSR count). The van der Waals surface area contributed by atoms with Crippen molar-refractivity contribution in [3.8, 4) is 0 Å². The van der Waals surface area contributed by atoms with Gasteiger partial charge in [-0.05, 0) is 30.7 Å². The van der Waals surface area contributed by atoms with E-state index < -0.39 is 0 Å². The van der Waals surface area contributed by atoms with E-state index >= 15 is 0 Å². The Bertz CT molecular complexity index is 563. The SMILES string of the molecule is CCC(=O)c1cc2cc(C)cnc2cc1Cl. The summed E-state index contributed by atoms with van der Waals surface area (Å²) >= 11 is 6.06. The van der Waals surface area contributed by atoms with E-state index in [4.69, 9.17) is 11.6 Å². The van der Waals surface area contributed by atoms with Gasteiger partial charge in [0, 0.05) is 23.6 Å². The maximum Gasteiger partial charge on any atom is 0.164 e. The fourth-order valence-electron chi connectivity index (χ4n) is 1.66. The molecule has 0 atom stereocenters. The molecule has 16 heavy (non-hydrogen) atoms. The molecule has 0 aliphatic heterocycles. The monoisotopic (exact) mass is 233 g/mol. The maximum atomic E-state index is 11.7. The Balaban J connectivity index is 2.68. The van der Waals surface area contributed by atoms with Crippen LogP contribution in [0, 0.1) is 6.92 Å². The Kier molecular flexibility index (Phi) is 2.92. The Labute approximate surface area is 99.3 Å². The Morgan fingerprint density at radius 3 is 2.81 bits per heavy atom. The van der Waals surface area contributed by atoms with Crippen LogP contribution in [0.5, 0.6) is 0 Å². The van der Waals surface area contributed by atoms with Gasteiger partial charge in [0.25, 0.3) is 0 Å². The van der Waals surface area contributed by atoms with E-state index in [2.05, 4.69) is 4.98 Å². The van der Waals surface area contributed by atoms with E-state index in [9.17, 15) is 4.79 Å². The third-order valence-electron chi connectivity index (χ3n) is 2.53. The number of aryl methyl sites for hydroxylation is 1. The zero-order chi connectivity index (χ0) is 11.7. The van der Waals surface area contributed by atoms with Crippen molar-refractivity contribution in [3.63, 3.8) is 0 Å². The van der Waals surface area contributed by atoms with Crippen LogP contribution in [0.3, 0.4) is 0 Å². The van der Waals surface area contributed by atoms with Crippen LogP contribution in [0.25, 0.3) is 10.9 Å². The summed E-state index contributed by atoms with van der Waals surface area (Å²) in [5.41, 5.74) is 2.48. The molecule has 0 unspecified atom stereocenters. The van der Waals surface area contributed by atoms with Gasteiger partial charge in [-0.1, -0.05) is 18.5 Å². The van der Waals surface area contributed by atoms with Gasteiger partial charge in [0.05, 0.1) is 10.5 Å². The molecule has 2 aromatic rings. The number of benzene rings is 1. The number of ketones is 1. The summed E-state index contributed by atoms with van der Waals surface area (Å²) in [5, 5.41) is 1.44. The normalized spacial score (nSPS) is 10.7. The van der Waals surface area contributed by atoms with Gasteiger partial charge in [-0.25, -0.2) is 0 Å². The highest BCUT2D eigenvalue weighted by Crippen LogP contribution is 2.24. The number of aromatic nitrogens is 1. The molecule has 0 spiro atoms. The number of fused-ring (bicyclic) bond motifs is 1. The highest BCUT2D eigenvalue weighted by molar-refractivity contribution is 6.34. The first-order chi connectivity index (χ1) is 7.61. The predicted molar refractivity (Wildman–Crippen MR) is 66.1 cm³/mol. The van der Waals surface area contributed by atoms with E-state index in [1.54, 1.807) is 12.3 Å². The highest BCUT2D eigenvalue weighted by Gasteiger charge is 2.10. The van der Waals surface area contributed by atoms with Gasteiger partial charge in [-0.3, -0.25) is 9.78 Å². The van der Waals surface area contributed by atoms with E-state index in [1.165, 1.54) is 0 Å². The number of rotatable bonds is 2. The molecule has 2 nitrogen and oxygen atoms in total. The number of carbonyl (C=O) groups excluding carboxylic acids is 1. The number of hydrogen-bond donors (Lipinski definition) is 0. The van der Waals surface area contributed by atoms with Crippen molar-refractivity contribution < 1.29 is 4.79 Å². The van der Waals surface area contributed by atoms with Crippen molar-refractivity contribution in [1.82, 2.24) is 4.98 Å². The number of hydrogen-bond acceptors (Lipinski definition) is 2. The molecule has 0 amide bonds. The topological polar surface area (TPSA) is 30.0 Å². The van der Waals surface area contributed by atoms with Crippen molar-refractivity contribution in [2.24, 2.45) is 0 Å². The first-order valence-corrected chi connectivity index (χ1v) is 5.58. The summed E-state index contributed by atoms with van der Waals surface area (Å²) in [6.07, 6.45) is 2.25. The molecule has 0 aliphatic carbocycles. The highest BCUT2D eigenvalue weighted by atomic mass is 35.5. The van der Waals surface area contributed by atoms with Crippen LogP contribution in [0.15, 0.2) is 24.4 Å². The van der Waals surface area contributed by atoms with Crippen LogP contribution >= 0.6 is 11.6 Å². The van der Waals surface area contributed by atoms with Gasteiger partial charge >= 0.3 is 0 Å². The first-order valence-electron chi connectivity index (χ1n) is 5.21. The van der Waals surface area contributed by atoms with Gasteiger partial charge in [0.2, 0.25) is 0 Å². The van der Waals surface area contributed by atoms with Crippen LogP contribution in [-0.4, -0.2) is 10.8 Å². The molecule has 0 radical (unpaired) electrons. The van der Waals surface area contributed by atoms with E-state index in [1.807, 2.05) is 26.0 Å². The Hall–Kier alpha value is -1.41. The van der Waals surface area contributed by atoms with Gasteiger partial charge in [-0.2, -0.15) is 0 Å². The molecule has 0 saturated heterocycles. The zero-order valence-corrected chi connectivity index (χ0v) is 10.0. The largest absolute Gasteiger partial charge is 0.294 e. The van der Waals surface area contributed by atoms with E-state index in [0.29, 0.717) is 17.0 Å². The van der Waals surface area contributed by atoms with Crippen molar-refractivity contribution in [3.05, 3.63) is 40.5 Å². The lowest BCUT2D eigenvalue weighted by molar-refractivity contribution is 0.0988. The average Bonchev–Trinajstić information content (AvgIpc) is 2.28. The fourth-order valence-corrected chi connectivity index (χ4v) is 1.93. The quantitative estimate of drug-likeness (QED) is 0.739. The minimum Gasteiger partial charge on any atom is -0.294 e. The number of Topliss-reactive ketones (excluding diaryl/α,β-unsaturated/α-hetero) is 1.